The van der Waals surface area contributed by atoms with Crippen LogP contribution in [0, 0.1) is 0 Å². The molecule has 1 aliphatic rings. The predicted molar refractivity (Wildman–Crippen MR) is 66.5 cm³/mol. The molecule has 1 aromatic rings. The Kier molecular flexibility index (Phi) is 3.97. The number of hydrogen-bond acceptors (Lipinski definition) is 2. The van der Waals surface area contributed by atoms with Crippen LogP contribution in [0.25, 0.3) is 0 Å². The number of aryl methyl sites for hydroxylation is 3. The number of hydrogen-bond donors (Lipinski definition) is 2. The number of nitrogens with two attached hydrogens (primary N) is 1. The van der Waals surface area contributed by atoms with Gasteiger partial charge in [-0.1, -0.05) is 18.2 Å². The molecule has 0 aliphatic heterocycles. The summed E-state index contributed by atoms with van der Waals surface area (Å²) in [5.74, 6) is 0. The molecule has 2 heteroatoms. The molecule has 88 valence electrons. The van der Waals surface area contributed by atoms with Crippen molar-refractivity contribution >= 4 is 0 Å². The molecule has 3 N–H and O–H groups in total. The highest BCUT2D eigenvalue weighted by Gasteiger charge is 2.09. The molecule has 2 rings (SSSR count). The summed E-state index contributed by atoms with van der Waals surface area (Å²) in [5.41, 5.74) is 9.78. The van der Waals surface area contributed by atoms with Crippen LogP contribution in [-0.2, 0) is 19.3 Å². The molecule has 0 saturated heterocycles. The van der Waals surface area contributed by atoms with Gasteiger partial charge in [0.25, 0.3) is 0 Å². The molecule has 0 saturated carbocycles. The van der Waals surface area contributed by atoms with Crippen molar-refractivity contribution in [2.75, 3.05) is 6.54 Å². The fourth-order valence-electron chi connectivity index (χ4n) is 2.39. The van der Waals surface area contributed by atoms with Gasteiger partial charge in [0.1, 0.15) is 0 Å². The Labute approximate surface area is 97.5 Å². The van der Waals surface area contributed by atoms with E-state index in [0.29, 0.717) is 6.54 Å². The quantitative estimate of drug-likeness (QED) is 0.811. The zero-order valence-electron chi connectivity index (χ0n) is 9.78. The Morgan fingerprint density at radius 1 is 1.19 bits per heavy atom. The third-order valence-electron chi connectivity index (χ3n) is 3.45. The molecule has 1 unspecified atom stereocenters. The minimum absolute atomic E-state index is 0.351. The van der Waals surface area contributed by atoms with Crippen LogP contribution in [0.5, 0.6) is 0 Å². The van der Waals surface area contributed by atoms with E-state index in [1.807, 2.05) is 0 Å². The van der Waals surface area contributed by atoms with E-state index in [1.165, 1.54) is 42.4 Å². The maximum absolute atomic E-state index is 9.43. The van der Waals surface area contributed by atoms with Crippen molar-refractivity contribution in [2.24, 2.45) is 5.73 Å². The first-order chi connectivity index (χ1) is 7.79. The molecule has 0 fully saturated rings. The summed E-state index contributed by atoms with van der Waals surface area (Å²) in [5, 5.41) is 9.43. The van der Waals surface area contributed by atoms with Crippen LogP contribution in [-0.4, -0.2) is 17.8 Å². The third-order valence-corrected chi connectivity index (χ3v) is 3.45. The molecule has 16 heavy (non-hydrogen) atoms. The van der Waals surface area contributed by atoms with Crippen molar-refractivity contribution in [2.45, 2.75) is 44.6 Å². The van der Waals surface area contributed by atoms with Gasteiger partial charge in [-0.15, -0.1) is 0 Å². The van der Waals surface area contributed by atoms with Gasteiger partial charge in [-0.3, -0.25) is 0 Å². The molecular weight excluding hydrogens is 198 g/mol. The third kappa shape index (κ3) is 2.83. The van der Waals surface area contributed by atoms with Crippen LogP contribution in [0.3, 0.4) is 0 Å². The van der Waals surface area contributed by atoms with Crippen LogP contribution >= 0.6 is 0 Å². The number of aliphatic hydroxyl groups is 1. The van der Waals surface area contributed by atoms with Crippen LogP contribution in [0.15, 0.2) is 18.2 Å². The Hall–Kier alpha value is -0.860. The number of rotatable bonds is 4. The Bertz CT molecular complexity index is 349. The average Bonchev–Trinajstić information content (AvgIpc) is 2.35. The molecule has 1 aliphatic carbocycles. The zero-order valence-corrected chi connectivity index (χ0v) is 9.78. The van der Waals surface area contributed by atoms with Crippen molar-refractivity contribution in [1.82, 2.24) is 0 Å². The topological polar surface area (TPSA) is 46.2 Å². The average molecular weight is 219 g/mol. The molecule has 0 radical (unpaired) electrons. The lowest BCUT2D eigenvalue weighted by molar-refractivity contribution is 0.173. The lowest BCUT2D eigenvalue weighted by Crippen LogP contribution is -2.20. The van der Waals surface area contributed by atoms with Gasteiger partial charge in [0.05, 0.1) is 6.10 Å². The second kappa shape index (κ2) is 5.46. The molecular formula is C14H21NO. The lowest BCUT2D eigenvalue weighted by Gasteiger charge is -2.17. The van der Waals surface area contributed by atoms with E-state index in [4.69, 9.17) is 5.73 Å². The summed E-state index contributed by atoms with van der Waals surface area (Å²) in [7, 11) is 0. The van der Waals surface area contributed by atoms with E-state index in [2.05, 4.69) is 18.2 Å². The second-order valence-electron chi connectivity index (χ2n) is 4.74. The largest absolute Gasteiger partial charge is 0.392 e. The normalized spacial score (nSPS) is 16.9. The summed E-state index contributed by atoms with van der Waals surface area (Å²) < 4.78 is 0. The van der Waals surface area contributed by atoms with Crippen LogP contribution < -0.4 is 5.73 Å². The zero-order chi connectivity index (χ0) is 11.4. The van der Waals surface area contributed by atoms with E-state index in [1.54, 1.807) is 0 Å². The van der Waals surface area contributed by atoms with Crippen molar-refractivity contribution in [1.29, 1.82) is 0 Å². The van der Waals surface area contributed by atoms with Gasteiger partial charge in [0.15, 0.2) is 0 Å². The summed E-state index contributed by atoms with van der Waals surface area (Å²) in [4.78, 5) is 0. The molecule has 1 aromatic carbocycles. The van der Waals surface area contributed by atoms with E-state index in [-0.39, 0.29) is 6.10 Å². The molecule has 0 spiro atoms. The fourth-order valence-corrected chi connectivity index (χ4v) is 2.39. The van der Waals surface area contributed by atoms with Gasteiger partial charge in [-0.2, -0.15) is 0 Å². The van der Waals surface area contributed by atoms with Crippen LogP contribution in [0.1, 0.15) is 36.0 Å². The van der Waals surface area contributed by atoms with Gasteiger partial charge in [-0.05, 0) is 55.2 Å². The van der Waals surface area contributed by atoms with Crippen molar-refractivity contribution < 1.29 is 5.11 Å². The minimum atomic E-state index is -0.351. The Balaban J connectivity index is 2.00. The monoisotopic (exact) mass is 219 g/mol. The van der Waals surface area contributed by atoms with Gasteiger partial charge in [0, 0.05) is 6.54 Å². The SMILES string of the molecule is NCC(O)CCc1ccc2c(c1)CCCC2. The second-order valence-corrected chi connectivity index (χ2v) is 4.74. The maximum atomic E-state index is 9.43. The predicted octanol–water partition coefficient (Wildman–Crippen LogP) is 1.82. The summed E-state index contributed by atoms with van der Waals surface area (Å²) in [6, 6.07) is 6.78. The summed E-state index contributed by atoms with van der Waals surface area (Å²) in [6.07, 6.45) is 6.47. The van der Waals surface area contributed by atoms with Gasteiger partial charge >= 0.3 is 0 Å². The molecule has 0 amide bonds. The summed E-state index contributed by atoms with van der Waals surface area (Å²) >= 11 is 0. The van der Waals surface area contributed by atoms with Gasteiger partial charge in [-0.25, -0.2) is 0 Å². The number of benzene rings is 1. The van der Waals surface area contributed by atoms with E-state index < -0.39 is 0 Å². The first-order valence-corrected chi connectivity index (χ1v) is 6.28. The highest BCUT2D eigenvalue weighted by molar-refractivity contribution is 5.33. The highest BCUT2D eigenvalue weighted by atomic mass is 16.3. The highest BCUT2D eigenvalue weighted by Crippen LogP contribution is 2.22. The first-order valence-electron chi connectivity index (χ1n) is 6.28. The number of aliphatic hydroxyl groups excluding tert-OH is 1. The molecule has 1 atom stereocenters. The van der Waals surface area contributed by atoms with E-state index in [9.17, 15) is 5.11 Å². The van der Waals surface area contributed by atoms with E-state index >= 15 is 0 Å². The first kappa shape index (κ1) is 11.6. The Morgan fingerprint density at radius 3 is 2.69 bits per heavy atom. The van der Waals surface area contributed by atoms with Gasteiger partial charge < -0.3 is 10.8 Å². The maximum Gasteiger partial charge on any atom is 0.0665 e. The van der Waals surface area contributed by atoms with Crippen molar-refractivity contribution in [3.8, 4) is 0 Å². The molecule has 0 aromatic heterocycles. The number of fused-ring (bicyclic) bond motifs is 1. The lowest BCUT2D eigenvalue weighted by atomic mass is 9.89. The molecule has 0 bridgehead atoms. The van der Waals surface area contributed by atoms with Crippen LogP contribution in [0.4, 0.5) is 0 Å². The van der Waals surface area contributed by atoms with Crippen molar-refractivity contribution in [3.63, 3.8) is 0 Å². The minimum Gasteiger partial charge on any atom is -0.392 e. The standard InChI is InChI=1S/C14H21NO/c15-10-14(16)8-6-11-5-7-12-3-1-2-4-13(12)9-11/h5,7,9,14,16H,1-4,6,8,10,15H2. The summed E-state index contributed by atoms with van der Waals surface area (Å²) in [6.45, 7) is 0.366. The fraction of sp³-hybridized carbons (Fsp3) is 0.571. The smallest absolute Gasteiger partial charge is 0.0665 e. The Morgan fingerprint density at radius 2 is 1.94 bits per heavy atom. The van der Waals surface area contributed by atoms with Gasteiger partial charge in [0.2, 0.25) is 0 Å². The molecule has 2 nitrogen and oxygen atoms in total. The van der Waals surface area contributed by atoms with Crippen molar-refractivity contribution in [3.05, 3.63) is 34.9 Å². The van der Waals surface area contributed by atoms with E-state index in [0.717, 1.165) is 12.8 Å². The molecule has 0 heterocycles. The van der Waals surface area contributed by atoms with Crippen LogP contribution in [0.2, 0.25) is 0 Å².